The molecule has 43 heavy (non-hydrogen) atoms. The number of amides is 1. The molecule has 10 nitrogen and oxygen atoms in total. The molecule has 4 heterocycles. The zero-order valence-corrected chi connectivity index (χ0v) is 24.2. The van der Waals surface area contributed by atoms with Crippen molar-refractivity contribution < 1.29 is 9.18 Å². The molecule has 1 aliphatic rings. The van der Waals surface area contributed by atoms with E-state index in [1.54, 1.807) is 73.4 Å². The summed E-state index contributed by atoms with van der Waals surface area (Å²) in [6.45, 7) is 3.11. The van der Waals surface area contributed by atoms with E-state index in [4.69, 9.17) is 22.3 Å². The van der Waals surface area contributed by atoms with Gasteiger partial charge < -0.3 is 11.1 Å². The van der Waals surface area contributed by atoms with Gasteiger partial charge in [0.1, 0.15) is 28.9 Å². The molecule has 12 heteroatoms. The van der Waals surface area contributed by atoms with Crippen molar-refractivity contribution in [2.45, 2.75) is 19.6 Å². The highest BCUT2D eigenvalue weighted by atomic mass is 35.5. The van der Waals surface area contributed by atoms with Crippen LogP contribution in [0, 0.1) is 6.92 Å². The minimum absolute atomic E-state index is 0.0303. The quantitative estimate of drug-likeness (QED) is 0.280. The van der Waals surface area contributed by atoms with E-state index in [2.05, 4.69) is 15.3 Å². The Morgan fingerprint density at radius 3 is 2.53 bits per heavy atom. The number of benzene rings is 2. The number of likely N-dealkylation sites (tertiary alicyclic amines) is 1. The topological polar surface area (TPSA) is 124 Å². The summed E-state index contributed by atoms with van der Waals surface area (Å²) in [5.74, 6) is -0.285. The number of carbonyl (C=O) groups is 1. The third-order valence-electron chi connectivity index (χ3n) is 7.42. The van der Waals surface area contributed by atoms with Gasteiger partial charge in [0.25, 0.3) is 11.5 Å². The number of nitrogens with zero attached hydrogens (tertiary/aromatic N) is 6. The van der Waals surface area contributed by atoms with E-state index < -0.39 is 17.6 Å². The van der Waals surface area contributed by atoms with Crippen molar-refractivity contribution in [2.75, 3.05) is 24.1 Å². The molecular formula is C31H28ClFN8O2. The molecule has 0 bridgehead atoms. The number of carbonyl (C=O) groups excluding carboxylic acids is 1. The number of alkyl halides is 1. The van der Waals surface area contributed by atoms with Gasteiger partial charge in [0.2, 0.25) is 0 Å². The van der Waals surface area contributed by atoms with Gasteiger partial charge in [-0.3, -0.25) is 19.2 Å². The Bertz CT molecular complexity index is 1900. The van der Waals surface area contributed by atoms with E-state index in [0.29, 0.717) is 64.4 Å². The molecule has 2 aromatic carbocycles. The molecule has 0 radical (unpaired) electrons. The van der Waals surface area contributed by atoms with Crippen LogP contribution < -0.4 is 16.6 Å². The zero-order chi connectivity index (χ0) is 30.2. The number of halogens is 2. The van der Waals surface area contributed by atoms with Crippen molar-refractivity contribution in [3.8, 4) is 28.3 Å². The summed E-state index contributed by atoms with van der Waals surface area (Å²) < 4.78 is 16.2. The Labute approximate surface area is 251 Å². The standard InChI is InChI=1S/C31H28ClFN8O2/c1-18-27(31(43)41(39(18)2)24-7-3-5-20(32)13-24)30(42)37-22-11-9-19(10-12-22)28-29(34)35-14-26(38-28)25-8-4-6-23(36-25)17-40-15-21(33)16-40/h3-14,21H,15-17H2,1-2H3,(H2,34,35)(H,37,42). The maximum atomic E-state index is 13.3. The molecule has 1 saturated heterocycles. The molecule has 1 amide bonds. The first-order chi connectivity index (χ1) is 20.7. The van der Waals surface area contributed by atoms with Gasteiger partial charge in [-0.05, 0) is 49.4 Å². The number of hydrogen-bond donors (Lipinski definition) is 2. The number of anilines is 2. The third-order valence-corrected chi connectivity index (χ3v) is 7.65. The minimum Gasteiger partial charge on any atom is -0.382 e. The van der Waals surface area contributed by atoms with Gasteiger partial charge in [0, 0.05) is 43.0 Å². The average Bonchev–Trinajstić information content (AvgIpc) is 3.20. The Morgan fingerprint density at radius 1 is 1.07 bits per heavy atom. The lowest BCUT2D eigenvalue weighted by atomic mass is 10.1. The largest absolute Gasteiger partial charge is 0.382 e. The van der Waals surface area contributed by atoms with Gasteiger partial charge in [-0.15, -0.1) is 0 Å². The molecule has 0 spiro atoms. The molecule has 218 valence electrons. The van der Waals surface area contributed by atoms with Crippen LogP contribution in [0.3, 0.4) is 0 Å². The molecule has 0 atom stereocenters. The number of nitrogens with two attached hydrogens (primary N) is 1. The molecule has 0 unspecified atom stereocenters. The first-order valence-electron chi connectivity index (χ1n) is 13.6. The van der Waals surface area contributed by atoms with Crippen LogP contribution in [0.1, 0.15) is 21.7 Å². The maximum Gasteiger partial charge on any atom is 0.284 e. The van der Waals surface area contributed by atoms with Gasteiger partial charge >= 0.3 is 0 Å². The van der Waals surface area contributed by atoms with Crippen molar-refractivity contribution in [1.82, 2.24) is 29.2 Å². The third kappa shape index (κ3) is 5.64. The molecule has 0 saturated carbocycles. The van der Waals surface area contributed by atoms with Gasteiger partial charge in [-0.25, -0.2) is 24.0 Å². The highest BCUT2D eigenvalue weighted by Gasteiger charge is 2.26. The van der Waals surface area contributed by atoms with Crippen LogP contribution in [0.4, 0.5) is 15.9 Å². The summed E-state index contributed by atoms with van der Waals surface area (Å²) in [6.07, 6.45) is 0.797. The van der Waals surface area contributed by atoms with Crippen LogP contribution in [0.25, 0.3) is 28.3 Å². The van der Waals surface area contributed by atoms with Crippen molar-refractivity contribution in [3.05, 3.63) is 105 Å². The van der Waals surface area contributed by atoms with E-state index in [-0.39, 0.29) is 11.4 Å². The van der Waals surface area contributed by atoms with Gasteiger partial charge in [-0.1, -0.05) is 35.9 Å². The fraction of sp³-hybridized carbons (Fsp3) is 0.194. The molecule has 1 aliphatic heterocycles. The first-order valence-corrected chi connectivity index (χ1v) is 14.0. The molecule has 1 fully saturated rings. The number of nitrogens with one attached hydrogen (secondary N) is 1. The van der Waals surface area contributed by atoms with Gasteiger partial charge in [-0.2, -0.15) is 0 Å². The van der Waals surface area contributed by atoms with Crippen LogP contribution in [0.5, 0.6) is 0 Å². The Balaban J connectivity index is 1.21. The number of hydrogen-bond acceptors (Lipinski definition) is 7. The average molecular weight is 599 g/mol. The second-order valence-corrected chi connectivity index (χ2v) is 10.8. The fourth-order valence-corrected chi connectivity index (χ4v) is 5.27. The predicted molar refractivity (Wildman–Crippen MR) is 164 cm³/mol. The summed E-state index contributed by atoms with van der Waals surface area (Å²) in [6, 6.07) is 19.4. The van der Waals surface area contributed by atoms with Gasteiger partial charge in [0.15, 0.2) is 0 Å². The van der Waals surface area contributed by atoms with E-state index in [0.717, 1.165) is 5.69 Å². The summed E-state index contributed by atoms with van der Waals surface area (Å²) in [5, 5.41) is 3.29. The Kier molecular flexibility index (Phi) is 7.51. The van der Waals surface area contributed by atoms with Crippen molar-refractivity contribution in [1.29, 1.82) is 0 Å². The normalized spacial score (nSPS) is 13.6. The maximum absolute atomic E-state index is 13.3. The Hall–Kier alpha value is -4.87. The highest BCUT2D eigenvalue weighted by Crippen LogP contribution is 2.27. The van der Waals surface area contributed by atoms with Crippen molar-refractivity contribution in [2.24, 2.45) is 7.05 Å². The van der Waals surface area contributed by atoms with Crippen molar-refractivity contribution in [3.63, 3.8) is 0 Å². The molecule has 6 rings (SSSR count). The van der Waals surface area contributed by atoms with Gasteiger partial charge in [0.05, 0.1) is 29.0 Å². The summed E-state index contributed by atoms with van der Waals surface area (Å²) in [4.78, 5) is 42.2. The fourth-order valence-electron chi connectivity index (χ4n) is 5.08. The molecular weight excluding hydrogens is 571 g/mol. The van der Waals surface area contributed by atoms with Crippen LogP contribution in [-0.4, -0.2) is 54.4 Å². The lowest BCUT2D eigenvalue weighted by molar-refractivity contribution is 0.0581. The van der Waals surface area contributed by atoms with E-state index in [1.807, 2.05) is 23.1 Å². The van der Waals surface area contributed by atoms with Crippen LogP contribution in [-0.2, 0) is 13.6 Å². The van der Waals surface area contributed by atoms with E-state index in [1.165, 1.54) is 4.68 Å². The second-order valence-electron chi connectivity index (χ2n) is 10.4. The molecule has 0 aliphatic carbocycles. The monoisotopic (exact) mass is 598 g/mol. The second kappa shape index (κ2) is 11.4. The van der Waals surface area contributed by atoms with Crippen LogP contribution >= 0.6 is 11.6 Å². The lowest BCUT2D eigenvalue weighted by Gasteiger charge is -2.33. The smallest absolute Gasteiger partial charge is 0.284 e. The highest BCUT2D eigenvalue weighted by molar-refractivity contribution is 6.30. The number of nitrogen functional groups attached to an aromatic ring is 1. The van der Waals surface area contributed by atoms with E-state index in [9.17, 15) is 14.0 Å². The number of aromatic nitrogens is 5. The predicted octanol–water partition coefficient (Wildman–Crippen LogP) is 4.65. The lowest BCUT2D eigenvalue weighted by Crippen LogP contribution is -2.47. The van der Waals surface area contributed by atoms with Crippen molar-refractivity contribution >= 4 is 29.0 Å². The Morgan fingerprint density at radius 2 is 1.81 bits per heavy atom. The molecule has 5 aromatic rings. The van der Waals surface area contributed by atoms with E-state index >= 15 is 0 Å². The first kappa shape index (κ1) is 28.3. The summed E-state index contributed by atoms with van der Waals surface area (Å²) in [5.41, 5.74) is 10.5. The summed E-state index contributed by atoms with van der Waals surface area (Å²) in [7, 11) is 1.71. The SMILES string of the molecule is Cc1c(C(=O)Nc2ccc(-c3nc(-c4cccc(CN5CC(F)C5)n4)cnc3N)cc2)c(=O)n(-c2cccc(Cl)c2)n1C. The number of pyridine rings is 1. The van der Waals surface area contributed by atoms with Crippen LogP contribution in [0.15, 0.2) is 77.7 Å². The zero-order valence-electron chi connectivity index (χ0n) is 23.5. The number of rotatable bonds is 7. The minimum atomic E-state index is -0.772. The van der Waals surface area contributed by atoms with Crippen LogP contribution in [0.2, 0.25) is 5.02 Å². The molecule has 3 aromatic heterocycles. The summed E-state index contributed by atoms with van der Waals surface area (Å²) >= 11 is 6.12. The molecule has 3 N–H and O–H groups in total.